The number of guanidine groups is 1. The van der Waals surface area contributed by atoms with Gasteiger partial charge in [0.2, 0.25) is 5.96 Å². The predicted octanol–water partition coefficient (Wildman–Crippen LogP) is 0.729. The van der Waals surface area contributed by atoms with E-state index in [0.717, 1.165) is 24.3 Å². The van der Waals surface area contributed by atoms with Crippen molar-refractivity contribution in [2.24, 2.45) is 28.6 Å². The average Bonchev–Trinajstić information content (AvgIpc) is 3.14. The molecule has 0 saturated heterocycles. The lowest BCUT2D eigenvalue weighted by atomic mass is 9.96. The first-order valence-corrected chi connectivity index (χ1v) is 5.85. The van der Waals surface area contributed by atoms with Gasteiger partial charge in [0, 0.05) is 5.70 Å². The SMILES string of the molecule is NNC1=NCC(=CC(C2CC2)C2CC2)N1. The molecule has 1 heterocycles. The van der Waals surface area contributed by atoms with Crippen LogP contribution in [-0.4, -0.2) is 12.5 Å². The molecule has 0 aromatic rings. The Morgan fingerprint density at radius 3 is 2.47 bits per heavy atom. The van der Waals surface area contributed by atoms with E-state index in [1.165, 1.54) is 31.4 Å². The summed E-state index contributed by atoms with van der Waals surface area (Å²) in [6.45, 7) is 0.759. The van der Waals surface area contributed by atoms with E-state index in [4.69, 9.17) is 5.84 Å². The molecule has 2 saturated carbocycles. The highest BCUT2D eigenvalue weighted by atomic mass is 15.4. The Morgan fingerprint density at radius 2 is 2.00 bits per heavy atom. The molecular formula is C11H18N4. The van der Waals surface area contributed by atoms with Crippen LogP contribution >= 0.6 is 0 Å². The number of aliphatic imine (C=N–C) groups is 1. The van der Waals surface area contributed by atoms with E-state index in [9.17, 15) is 0 Å². The summed E-state index contributed by atoms with van der Waals surface area (Å²) >= 11 is 0. The van der Waals surface area contributed by atoms with E-state index in [1.807, 2.05) is 0 Å². The zero-order valence-corrected chi connectivity index (χ0v) is 8.87. The van der Waals surface area contributed by atoms with Crippen LogP contribution in [0.1, 0.15) is 25.7 Å². The highest BCUT2D eigenvalue weighted by molar-refractivity contribution is 5.83. The van der Waals surface area contributed by atoms with Gasteiger partial charge in [-0.05, 0) is 43.4 Å². The molecule has 1 aliphatic heterocycles. The van der Waals surface area contributed by atoms with Gasteiger partial charge in [-0.3, -0.25) is 5.43 Å². The largest absolute Gasteiger partial charge is 0.327 e. The second-order valence-corrected chi connectivity index (χ2v) is 4.88. The van der Waals surface area contributed by atoms with Crippen molar-refractivity contribution in [2.45, 2.75) is 25.7 Å². The van der Waals surface area contributed by atoms with Gasteiger partial charge in [-0.2, -0.15) is 0 Å². The summed E-state index contributed by atoms with van der Waals surface area (Å²) in [6.07, 6.45) is 8.10. The maximum atomic E-state index is 5.30. The van der Waals surface area contributed by atoms with Crippen molar-refractivity contribution in [1.29, 1.82) is 0 Å². The Bertz CT molecular complexity index is 301. The first kappa shape index (κ1) is 9.21. The molecule has 15 heavy (non-hydrogen) atoms. The molecule has 4 N–H and O–H groups in total. The molecule has 4 heteroatoms. The maximum Gasteiger partial charge on any atom is 0.210 e. The topological polar surface area (TPSA) is 62.4 Å². The molecule has 0 bridgehead atoms. The van der Waals surface area contributed by atoms with Crippen molar-refractivity contribution in [3.05, 3.63) is 11.8 Å². The van der Waals surface area contributed by atoms with Gasteiger partial charge in [-0.15, -0.1) is 0 Å². The van der Waals surface area contributed by atoms with Crippen molar-refractivity contribution >= 4 is 5.96 Å². The maximum absolute atomic E-state index is 5.30. The molecule has 2 fully saturated rings. The minimum absolute atomic E-state index is 0.701. The summed E-state index contributed by atoms with van der Waals surface area (Å²) in [5, 5.41) is 3.21. The fraction of sp³-hybridized carbons (Fsp3) is 0.727. The number of hydrogen-bond donors (Lipinski definition) is 3. The highest BCUT2D eigenvalue weighted by Gasteiger charge is 2.40. The third-order valence-electron chi connectivity index (χ3n) is 3.55. The fourth-order valence-electron chi connectivity index (χ4n) is 2.42. The number of allylic oxidation sites excluding steroid dienone is 1. The fourth-order valence-corrected chi connectivity index (χ4v) is 2.42. The predicted molar refractivity (Wildman–Crippen MR) is 59.8 cm³/mol. The van der Waals surface area contributed by atoms with Gasteiger partial charge in [-0.1, -0.05) is 6.08 Å². The minimum Gasteiger partial charge on any atom is -0.327 e. The van der Waals surface area contributed by atoms with Crippen LogP contribution in [-0.2, 0) is 0 Å². The van der Waals surface area contributed by atoms with E-state index in [0.29, 0.717) is 5.96 Å². The number of nitrogens with one attached hydrogen (secondary N) is 2. The van der Waals surface area contributed by atoms with E-state index in [2.05, 4.69) is 21.8 Å². The molecule has 82 valence electrons. The molecule has 0 aromatic heterocycles. The van der Waals surface area contributed by atoms with Gasteiger partial charge in [0.15, 0.2) is 0 Å². The van der Waals surface area contributed by atoms with Crippen LogP contribution in [0.3, 0.4) is 0 Å². The third kappa shape index (κ3) is 2.00. The number of nitrogens with zero attached hydrogens (tertiary/aromatic N) is 1. The monoisotopic (exact) mass is 206 g/mol. The van der Waals surface area contributed by atoms with Crippen molar-refractivity contribution in [2.75, 3.05) is 6.54 Å². The van der Waals surface area contributed by atoms with E-state index >= 15 is 0 Å². The van der Waals surface area contributed by atoms with Gasteiger partial charge >= 0.3 is 0 Å². The van der Waals surface area contributed by atoms with Crippen LogP contribution in [0.15, 0.2) is 16.8 Å². The van der Waals surface area contributed by atoms with Crippen molar-refractivity contribution < 1.29 is 0 Å². The van der Waals surface area contributed by atoms with Gasteiger partial charge in [0.25, 0.3) is 0 Å². The Labute approximate surface area is 90.0 Å². The summed E-state index contributed by atoms with van der Waals surface area (Å²) in [5.74, 6) is 8.73. The van der Waals surface area contributed by atoms with Crippen LogP contribution in [0.5, 0.6) is 0 Å². The summed E-state index contributed by atoms with van der Waals surface area (Å²) < 4.78 is 0. The lowest BCUT2D eigenvalue weighted by Crippen LogP contribution is -2.37. The van der Waals surface area contributed by atoms with Crippen LogP contribution in [0.4, 0.5) is 0 Å². The molecule has 2 aliphatic carbocycles. The standard InChI is InChI=1S/C11H18N4/c12-15-11-13-6-9(14-11)5-10(7-1-2-7)8-3-4-8/h5,7-8,10H,1-4,6,12H2,(H2,13,14,15). The molecule has 0 radical (unpaired) electrons. The van der Waals surface area contributed by atoms with Crippen LogP contribution in [0.25, 0.3) is 0 Å². The van der Waals surface area contributed by atoms with E-state index in [1.54, 1.807) is 0 Å². The van der Waals surface area contributed by atoms with Gasteiger partial charge < -0.3 is 5.32 Å². The zero-order valence-electron chi connectivity index (χ0n) is 8.87. The number of rotatable bonds is 3. The molecule has 0 unspecified atom stereocenters. The second-order valence-electron chi connectivity index (χ2n) is 4.88. The Kier molecular flexibility index (Phi) is 2.16. The summed E-state index contributed by atoms with van der Waals surface area (Å²) in [4.78, 5) is 4.25. The first-order chi connectivity index (χ1) is 7.36. The molecule has 3 aliphatic rings. The van der Waals surface area contributed by atoms with Crippen molar-refractivity contribution in [3.8, 4) is 0 Å². The average molecular weight is 206 g/mol. The van der Waals surface area contributed by atoms with Crippen molar-refractivity contribution in [1.82, 2.24) is 10.7 Å². The molecule has 0 atom stereocenters. The molecule has 0 aromatic carbocycles. The smallest absolute Gasteiger partial charge is 0.210 e. The Morgan fingerprint density at radius 1 is 1.33 bits per heavy atom. The molecule has 0 amide bonds. The Balaban J connectivity index is 1.65. The number of hydrogen-bond acceptors (Lipinski definition) is 4. The normalized spacial score (nSPS) is 28.1. The second kappa shape index (κ2) is 3.52. The van der Waals surface area contributed by atoms with Crippen LogP contribution < -0.4 is 16.6 Å². The number of nitrogens with two attached hydrogens (primary N) is 1. The van der Waals surface area contributed by atoms with E-state index in [-0.39, 0.29) is 0 Å². The minimum atomic E-state index is 0.701. The highest BCUT2D eigenvalue weighted by Crippen LogP contribution is 2.50. The summed E-state index contributed by atoms with van der Waals surface area (Å²) in [6, 6.07) is 0. The van der Waals surface area contributed by atoms with Crippen LogP contribution in [0.2, 0.25) is 0 Å². The van der Waals surface area contributed by atoms with Crippen LogP contribution in [0, 0.1) is 17.8 Å². The zero-order chi connectivity index (χ0) is 10.3. The lowest BCUT2D eigenvalue weighted by molar-refractivity contribution is 0.497. The summed E-state index contributed by atoms with van der Waals surface area (Å²) in [5.41, 5.74) is 3.78. The van der Waals surface area contributed by atoms with Gasteiger partial charge in [0.1, 0.15) is 0 Å². The molecule has 3 rings (SSSR count). The summed E-state index contributed by atoms with van der Waals surface area (Å²) in [7, 11) is 0. The van der Waals surface area contributed by atoms with Crippen molar-refractivity contribution in [3.63, 3.8) is 0 Å². The van der Waals surface area contributed by atoms with Gasteiger partial charge in [-0.25, -0.2) is 10.8 Å². The first-order valence-electron chi connectivity index (χ1n) is 5.85. The molecule has 4 nitrogen and oxygen atoms in total. The third-order valence-corrected chi connectivity index (χ3v) is 3.55. The number of hydrazine groups is 1. The van der Waals surface area contributed by atoms with E-state index < -0.39 is 0 Å². The molecular weight excluding hydrogens is 188 g/mol. The lowest BCUT2D eigenvalue weighted by Gasteiger charge is -2.11. The Hall–Kier alpha value is -1.03. The van der Waals surface area contributed by atoms with Gasteiger partial charge in [0.05, 0.1) is 6.54 Å². The quantitative estimate of drug-likeness (QED) is 0.471. The molecule has 0 spiro atoms.